The van der Waals surface area contributed by atoms with Crippen molar-refractivity contribution in [2.45, 2.75) is 25.8 Å². The van der Waals surface area contributed by atoms with Crippen molar-refractivity contribution in [3.05, 3.63) is 23.8 Å². The third-order valence-electron chi connectivity index (χ3n) is 5.56. The van der Waals surface area contributed by atoms with E-state index in [9.17, 15) is 0 Å². The summed E-state index contributed by atoms with van der Waals surface area (Å²) in [6.07, 6.45) is 3.71. The van der Waals surface area contributed by atoms with Crippen LogP contribution in [-0.4, -0.2) is 83.0 Å². The number of ether oxygens (including phenoxy) is 3. The zero-order chi connectivity index (χ0) is 20.5. The molecule has 29 heavy (non-hydrogen) atoms. The quantitative estimate of drug-likeness (QED) is 0.367. The normalized spacial score (nSPS) is 18.0. The summed E-state index contributed by atoms with van der Waals surface area (Å²) in [4.78, 5) is 9.25. The summed E-state index contributed by atoms with van der Waals surface area (Å²) in [7, 11) is 5.28. The number of hydrogen-bond donors (Lipinski definition) is 1. The fourth-order valence-electron chi connectivity index (χ4n) is 3.61. The maximum atomic E-state index is 5.71. The van der Waals surface area contributed by atoms with Gasteiger partial charge in [-0.15, -0.1) is 0 Å². The van der Waals surface area contributed by atoms with Gasteiger partial charge in [0.05, 0.1) is 14.2 Å². The molecule has 7 nitrogen and oxygen atoms in total. The van der Waals surface area contributed by atoms with Crippen LogP contribution in [-0.2, 0) is 11.3 Å². The van der Waals surface area contributed by atoms with Gasteiger partial charge in [-0.1, -0.05) is 0 Å². The summed E-state index contributed by atoms with van der Waals surface area (Å²) < 4.78 is 16.6. The Morgan fingerprint density at radius 2 is 1.93 bits per heavy atom. The Balaban J connectivity index is 1.39. The predicted octanol–water partition coefficient (Wildman–Crippen LogP) is 2.21. The van der Waals surface area contributed by atoms with Crippen molar-refractivity contribution in [1.29, 1.82) is 0 Å². The SMILES string of the molecule is CN=C(NCCCOCC1CC1)N1CCN(Cc2cc(OC)ccc2OC)CC1. The van der Waals surface area contributed by atoms with Crippen LogP contribution in [0.1, 0.15) is 24.8 Å². The van der Waals surface area contributed by atoms with E-state index in [-0.39, 0.29) is 0 Å². The average molecular weight is 405 g/mol. The molecule has 7 heteroatoms. The van der Waals surface area contributed by atoms with E-state index in [0.717, 1.165) is 87.8 Å². The number of nitrogens with one attached hydrogen (secondary N) is 1. The maximum Gasteiger partial charge on any atom is 0.193 e. The zero-order valence-electron chi connectivity index (χ0n) is 18.2. The first-order valence-corrected chi connectivity index (χ1v) is 10.7. The molecule has 0 spiro atoms. The lowest BCUT2D eigenvalue weighted by Crippen LogP contribution is -2.52. The van der Waals surface area contributed by atoms with Crippen molar-refractivity contribution >= 4 is 5.96 Å². The lowest BCUT2D eigenvalue weighted by atomic mass is 10.1. The molecule has 1 saturated heterocycles. The van der Waals surface area contributed by atoms with Crippen LogP contribution in [0, 0.1) is 5.92 Å². The van der Waals surface area contributed by atoms with E-state index in [2.05, 4.69) is 26.2 Å². The summed E-state index contributed by atoms with van der Waals surface area (Å²) in [5.41, 5.74) is 1.16. The van der Waals surface area contributed by atoms with E-state index in [0.29, 0.717) is 0 Å². The van der Waals surface area contributed by atoms with Gasteiger partial charge in [0, 0.05) is 65.1 Å². The predicted molar refractivity (Wildman–Crippen MR) is 116 cm³/mol. The largest absolute Gasteiger partial charge is 0.497 e. The Hall–Kier alpha value is -1.99. The second-order valence-electron chi connectivity index (χ2n) is 7.79. The molecular formula is C22H36N4O3. The fraction of sp³-hybridized carbons (Fsp3) is 0.682. The van der Waals surface area contributed by atoms with Crippen molar-refractivity contribution in [2.75, 3.05) is 67.2 Å². The van der Waals surface area contributed by atoms with Gasteiger partial charge < -0.3 is 24.4 Å². The molecule has 1 aliphatic heterocycles. The molecule has 0 atom stereocenters. The summed E-state index contributed by atoms with van der Waals surface area (Å²) >= 11 is 0. The van der Waals surface area contributed by atoms with Crippen LogP contribution in [0.5, 0.6) is 11.5 Å². The summed E-state index contributed by atoms with van der Waals surface area (Å²) in [6.45, 7) is 7.44. The Bertz CT molecular complexity index is 655. The van der Waals surface area contributed by atoms with Gasteiger partial charge in [0.1, 0.15) is 11.5 Å². The minimum atomic E-state index is 0.830. The summed E-state index contributed by atoms with van der Waals surface area (Å²) in [5, 5.41) is 3.48. The van der Waals surface area contributed by atoms with E-state index in [4.69, 9.17) is 14.2 Å². The minimum absolute atomic E-state index is 0.830. The summed E-state index contributed by atoms with van der Waals surface area (Å²) in [6, 6.07) is 5.98. The molecule has 3 rings (SSSR count). The Kier molecular flexibility index (Phi) is 8.43. The van der Waals surface area contributed by atoms with Crippen LogP contribution in [0.2, 0.25) is 0 Å². The van der Waals surface area contributed by atoms with Crippen molar-refractivity contribution in [3.8, 4) is 11.5 Å². The Morgan fingerprint density at radius 3 is 2.59 bits per heavy atom. The fourth-order valence-corrected chi connectivity index (χ4v) is 3.61. The molecule has 0 radical (unpaired) electrons. The third kappa shape index (κ3) is 6.78. The monoisotopic (exact) mass is 404 g/mol. The zero-order valence-corrected chi connectivity index (χ0v) is 18.2. The molecule has 2 aliphatic rings. The molecule has 1 saturated carbocycles. The van der Waals surface area contributed by atoms with Crippen LogP contribution >= 0.6 is 0 Å². The highest BCUT2D eigenvalue weighted by Gasteiger charge is 2.22. The van der Waals surface area contributed by atoms with Crippen molar-refractivity contribution in [1.82, 2.24) is 15.1 Å². The lowest BCUT2D eigenvalue weighted by Gasteiger charge is -2.36. The first-order chi connectivity index (χ1) is 14.2. The van der Waals surface area contributed by atoms with Crippen LogP contribution in [0.15, 0.2) is 23.2 Å². The van der Waals surface area contributed by atoms with Gasteiger partial charge in [-0.25, -0.2) is 0 Å². The number of rotatable bonds is 10. The second kappa shape index (κ2) is 11.3. The van der Waals surface area contributed by atoms with Gasteiger partial charge in [-0.3, -0.25) is 9.89 Å². The molecule has 1 aromatic rings. The molecule has 162 valence electrons. The molecule has 2 fully saturated rings. The molecule has 1 aliphatic carbocycles. The van der Waals surface area contributed by atoms with Crippen LogP contribution in [0.25, 0.3) is 0 Å². The Morgan fingerprint density at radius 1 is 1.14 bits per heavy atom. The third-order valence-corrected chi connectivity index (χ3v) is 5.56. The minimum Gasteiger partial charge on any atom is -0.497 e. The van der Waals surface area contributed by atoms with E-state index in [1.165, 1.54) is 12.8 Å². The average Bonchev–Trinajstić information content (AvgIpc) is 3.58. The molecule has 1 aromatic carbocycles. The summed E-state index contributed by atoms with van der Waals surface area (Å²) in [5.74, 6) is 3.61. The molecular weight excluding hydrogens is 368 g/mol. The van der Waals surface area contributed by atoms with E-state index in [1.807, 2.05) is 19.2 Å². The van der Waals surface area contributed by atoms with Crippen LogP contribution < -0.4 is 14.8 Å². The second-order valence-corrected chi connectivity index (χ2v) is 7.79. The van der Waals surface area contributed by atoms with Crippen molar-refractivity contribution < 1.29 is 14.2 Å². The van der Waals surface area contributed by atoms with E-state index in [1.54, 1.807) is 14.2 Å². The van der Waals surface area contributed by atoms with Gasteiger partial charge >= 0.3 is 0 Å². The number of nitrogens with zero attached hydrogens (tertiary/aromatic N) is 3. The van der Waals surface area contributed by atoms with Crippen LogP contribution in [0.4, 0.5) is 0 Å². The molecule has 0 unspecified atom stereocenters. The number of benzene rings is 1. The molecule has 0 aromatic heterocycles. The maximum absolute atomic E-state index is 5.71. The van der Waals surface area contributed by atoms with Gasteiger partial charge in [-0.2, -0.15) is 0 Å². The highest BCUT2D eigenvalue weighted by Crippen LogP contribution is 2.28. The van der Waals surface area contributed by atoms with Gasteiger partial charge in [0.15, 0.2) is 5.96 Å². The number of piperazine rings is 1. The number of methoxy groups -OCH3 is 2. The molecule has 0 amide bonds. The molecule has 1 N–H and O–H groups in total. The molecule has 1 heterocycles. The van der Waals surface area contributed by atoms with Gasteiger partial charge in [-0.05, 0) is 43.4 Å². The van der Waals surface area contributed by atoms with Crippen molar-refractivity contribution in [3.63, 3.8) is 0 Å². The van der Waals surface area contributed by atoms with Crippen molar-refractivity contribution in [2.24, 2.45) is 10.9 Å². The van der Waals surface area contributed by atoms with E-state index < -0.39 is 0 Å². The highest BCUT2D eigenvalue weighted by atomic mass is 16.5. The first-order valence-electron chi connectivity index (χ1n) is 10.7. The first kappa shape index (κ1) is 21.7. The number of hydrogen-bond acceptors (Lipinski definition) is 5. The van der Waals surface area contributed by atoms with Gasteiger partial charge in [0.2, 0.25) is 0 Å². The number of guanidine groups is 1. The topological polar surface area (TPSA) is 58.6 Å². The highest BCUT2D eigenvalue weighted by molar-refractivity contribution is 5.79. The smallest absolute Gasteiger partial charge is 0.193 e. The van der Waals surface area contributed by atoms with Crippen LogP contribution in [0.3, 0.4) is 0 Å². The standard InChI is InChI=1S/C22H36N4O3/c1-23-22(24-9-4-14-29-17-18-5-6-18)26-12-10-25(11-13-26)16-19-15-20(27-2)7-8-21(19)28-3/h7-8,15,18H,4-6,9-14,16-17H2,1-3H3,(H,23,24). The molecule has 0 bridgehead atoms. The van der Waals surface area contributed by atoms with E-state index >= 15 is 0 Å². The van der Waals surface area contributed by atoms with Gasteiger partial charge in [0.25, 0.3) is 0 Å². The number of aliphatic imine (C=N–C) groups is 1. The lowest BCUT2D eigenvalue weighted by molar-refractivity contribution is 0.122. The Labute approximate surface area is 175 Å².